The first-order valence-electron chi connectivity index (χ1n) is 6.45. The normalized spacial score (nSPS) is 10.5. The molecule has 0 fully saturated rings. The molecule has 0 aliphatic heterocycles. The molecule has 0 aromatic carbocycles. The molecule has 0 aliphatic carbocycles. The number of hydrogen-bond acceptors (Lipinski definition) is 4. The number of carbonyl (C=O) groups excluding carboxylic acids is 1. The number of aromatic nitrogens is 1. The Hall–Kier alpha value is -1.14. The molecule has 5 nitrogen and oxygen atoms in total. The molecule has 0 bridgehead atoms. The molecule has 0 unspecified atom stereocenters. The molecule has 1 aromatic heterocycles. The van der Waals surface area contributed by atoms with Gasteiger partial charge in [0.2, 0.25) is 0 Å². The number of pyridine rings is 1. The molecule has 106 valence electrons. The highest BCUT2D eigenvalue weighted by Crippen LogP contribution is 2.12. The topological polar surface area (TPSA) is 54.5 Å². The van der Waals surface area contributed by atoms with Crippen molar-refractivity contribution in [1.82, 2.24) is 15.2 Å². The summed E-state index contributed by atoms with van der Waals surface area (Å²) < 4.78 is 5.79. The molecule has 1 aromatic rings. The molecule has 0 radical (unpaired) electrons. The Kier molecular flexibility index (Phi) is 7.43. The minimum absolute atomic E-state index is 0.435. The van der Waals surface area contributed by atoms with Crippen molar-refractivity contribution in [2.45, 2.75) is 20.3 Å². The van der Waals surface area contributed by atoms with Crippen LogP contribution in [-0.4, -0.2) is 42.2 Å². The number of ether oxygens (including phenoxy) is 1. The van der Waals surface area contributed by atoms with E-state index in [0.717, 1.165) is 26.1 Å². The van der Waals surface area contributed by atoms with Gasteiger partial charge in [0.15, 0.2) is 5.75 Å². The molecular formula is C13H20BrN3O2. The van der Waals surface area contributed by atoms with Crippen LogP contribution >= 0.6 is 15.9 Å². The summed E-state index contributed by atoms with van der Waals surface area (Å²) in [4.78, 5) is 17.8. The van der Waals surface area contributed by atoms with Gasteiger partial charge in [-0.1, -0.05) is 13.8 Å². The number of nitrogens with one attached hydrogen (secondary N) is 1. The Morgan fingerprint density at radius 3 is 2.74 bits per heavy atom. The fraction of sp³-hybridized carbons (Fsp3) is 0.538. The second-order valence-electron chi connectivity index (χ2n) is 4.01. The van der Waals surface area contributed by atoms with Crippen molar-refractivity contribution in [2.75, 3.05) is 26.2 Å². The molecule has 1 rings (SSSR count). The second-order valence-corrected chi connectivity index (χ2v) is 4.83. The predicted molar refractivity (Wildman–Crippen MR) is 78.4 cm³/mol. The molecule has 19 heavy (non-hydrogen) atoms. The van der Waals surface area contributed by atoms with E-state index in [2.05, 4.69) is 45.0 Å². The van der Waals surface area contributed by atoms with Crippen LogP contribution in [-0.2, 0) is 0 Å². The summed E-state index contributed by atoms with van der Waals surface area (Å²) in [6.45, 7) is 7.92. The lowest BCUT2D eigenvalue weighted by atomic mass is 10.3. The third-order valence-corrected chi connectivity index (χ3v) is 3.19. The van der Waals surface area contributed by atoms with Gasteiger partial charge in [0.25, 0.3) is 0 Å². The van der Waals surface area contributed by atoms with Crippen molar-refractivity contribution >= 4 is 22.0 Å². The van der Waals surface area contributed by atoms with Crippen molar-refractivity contribution in [2.24, 2.45) is 0 Å². The molecule has 1 N–H and O–H groups in total. The molecule has 0 saturated heterocycles. The van der Waals surface area contributed by atoms with Gasteiger partial charge in [-0.05, 0) is 54.1 Å². The maximum absolute atomic E-state index is 11.5. The van der Waals surface area contributed by atoms with E-state index < -0.39 is 6.09 Å². The quantitative estimate of drug-likeness (QED) is 0.617. The van der Waals surface area contributed by atoms with Crippen molar-refractivity contribution in [3.8, 4) is 5.75 Å². The summed E-state index contributed by atoms with van der Waals surface area (Å²) in [5.74, 6) is 0.435. The Morgan fingerprint density at radius 2 is 2.16 bits per heavy atom. The van der Waals surface area contributed by atoms with E-state index >= 15 is 0 Å². The fourth-order valence-electron chi connectivity index (χ4n) is 1.60. The van der Waals surface area contributed by atoms with Gasteiger partial charge in [-0.2, -0.15) is 0 Å². The van der Waals surface area contributed by atoms with Gasteiger partial charge in [0, 0.05) is 6.54 Å². The van der Waals surface area contributed by atoms with Gasteiger partial charge in [-0.25, -0.2) is 9.78 Å². The highest BCUT2D eigenvalue weighted by Gasteiger charge is 2.04. The first-order valence-corrected chi connectivity index (χ1v) is 7.24. The highest BCUT2D eigenvalue weighted by molar-refractivity contribution is 9.10. The van der Waals surface area contributed by atoms with Crippen LogP contribution in [0.3, 0.4) is 0 Å². The Labute approximate surface area is 122 Å². The van der Waals surface area contributed by atoms with E-state index in [-0.39, 0.29) is 0 Å². The minimum Gasteiger partial charge on any atom is -0.409 e. The minimum atomic E-state index is -0.441. The molecular weight excluding hydrogens is 310 g/mol. The van der Waals surface area contributed by atoms with Crippen molar-refractivity contribution in [3.05, 3.63) is 22.9 Å². The summed E-state index contributed by atoms with van der Waals surface area (Å²) in [7, 11) is 0. The average Bonchev–Trinajstić information content (AvgIpc) is 2.42. The van der Waals surface area contributed by atoms with Crippen LogP contribution in [0, 0.1) is 0 Å². The van der Waals surface area contributed by atoms with Crippen LogP contribution in [0.25, 0.3) is 0 Å². The lowest BCUT2D eigenvalue weighted by Gasteiger charge is -2.17. The van der Waals surface area contributed by atoms with Crippen molar-refractivity contribution in [3.63, 3.8) is 0 Å². The zero-order valence-corrected chi connectivity index (χ0v) is 12.9. The molecule has 1 amide bonds. The maximum atomic E-state index is 11.5. The second kappa shape index (κ2) is 8.87. The Morgan fingerprint density at radius 1 is 1.42 bits per heavy atom. The van der Waals surface area contributed by atoms with E-state index in [4.69, 9.17) is 4.74 Å². The summed E-state index contributed by atoms with van der Waals surface area (Å²) in [5, 5.41) is 2.72. The zero-order valence-electron chi connectivity index (χ0n) is 11.4. The van der Waals surface area contributed by atoms with Gasteiger partial charge in [-0.3, -0.25) is 0 Å². The predicted octanol–water partition coefficient (Wildman–Crippen LogP) is 2.66. The lowest BCUT2D eigenvalue weighted by molar-refractivity contribution is 0.199. The van der Waals surface area contributed by atoms with Crippen LogP contribution in [0.15, 0.2) is 22.9 Å². The smallest absolute Gasteiger partial charge is 0.409 e. The standard InChI is InChI=1S/C13H20BrN3O2/c1-3-17(4-2)9-5-8-15-13(18)19-11-6-7-12(14)16-10-11/h6-7,10H,3-5,8-9H2,1-2H3,(H,15,18). The number of halogens is 1. The SMILES string of the molecule is CCN(CC)CCCNC(=O)Oc1ccc(Br)nc1. The molecule has 0 aliphatic rings. The fourth-order valence-corrected chi connectivity index (χ4v) is 1.83. The van der Waals surface area contributed by atoms with Gasteiger partial charge in [-0.15, -0.1) is 0 Å². The monoisotopic (exact) mass is 329 g/mol. The maximum Gasteiger partial charge on any atom is 0.412 e. The zero-order chi connectivity index (χ0) is 14.1. The largest absolute Gasteiger partial charge is 0.412 e. The van der Waals surface area contributed by atoms with Gasteiger partial charge in [0.05, 0.1) is 6.20 Å². The van der Waals surface area contributed by atoms with Crippen LogP contribution in [0.5, 0.6) is 5.75 Å². The van der Waals surface area contributed by atoms with Crippen molar-refractivity contribution < 1.29 is 9.53 Å². The summed E-state index contributed by atoms with van der Waals surface area (Å²) in [6, 6.07) is 3.41. The first-order chi connectivity index (χ1) is 9.15. The number of amides is 1. The molecule has 6 heteroatoms. The number of hydrogen-bond donors (Lipinski definition) is 1. The van der Waals surface area contributed by atoms with Crippen molar-refractivity contribution in [1.29, 1.82) is 0 Å². The summed E-state index contributed by atoms with van der Waals surface area (Å²) in [6.07, 6.45) is 1.97. The Bertz CT molecular complexity index is 380. The van der Waals surface area contributed by atoms with E-state index in [1.807, 2.05) is 0 Å². The first kappa shape index (κ1) is 15.9. The third-order valence-electron chi connectivity index (χ3n) is 2.73. The molecule has 0 saturated carbocycles. The van der Waals surface area contributed by atoms with Gasteiger partial charge >= 0.3 is 6.09 Å². The molecule has 1 heterocycles. The van der Waals surface area contributed by atoms with Crippen LogP contribution in [0.2, 0.25) is 0 Å². The molecule has 0 spiro atoms. The number of rotatable bonds is 7. The van der Waals surface area contributed by atoms with E-state index in [0.29, 0.717) is 16.9 Å². The average molecular weight is 330 g/mol. The number of carbonyl (C=O) groups is 1. The van der Waals surface area contributed by atoms with Crippen LogP contribution < -0.4 is 10.1 Å². The van der Waals surface area contributed by atoms with Crippen LogP contribution in [0.1, 0.15) is 20.3 Å². The molecule has 0 atom stereocenters. The van der Waals surface area contributed by atoms with E-state index in [1.54, 1.807) is 12.1 Å². The van der Waals surface area contributed by atoms with E-state index in [9.17, 15) is 4.79 Å². The van der Waals surface area contributed by atoms with E-state index in [1.165, 1.54) is 6.20 Å². The summed E-state index contributed by atoms with van der Waals surface area (Å²) >= 11 is 3.22. The highest BCUT2D eigenvalue weighted by atomic mass is 79.9. The summed E-state index contributed by atoms with van der Waals surface area (Å²) in [5.41, 5.74) is 0. The van der Waals surface area contributed by atoms with Gasteiger partial charge in [0.1, 0.15) is 4.60 Å². The van der Waals surface area contributed by atoms with Crippen LogP contribution in [0.4, 0.5) is 4.79 Å². The number of nitrogens with zero attached hydrogens (tertiary/aromatic N) is 2. The third kappa shape index (κ3) is 6.54. The Balaban J connectivity index is 2.19. The lowest BCUT2D eigenvalue weighted by Crippen LogP contribution is -2.31. The van der Waals surface area contributed by atoms with Gasteiger partial charge < -0.3 is 15.0 Å².